The van der Waals surface area contributed by atoms with Crippen LogP contribution in [0.5, 0.6) is 0 Å². The van der Waals surface area contributed by atoms with E-state index in [9.17, 15) is 0 Å². The van der Waals surface area contributed by atoms with E-state index in [1.807, 2.05) is 34.3 Å². The molecule has 3 heterocycles. The molecule has 0 aliphatic rings. The lowest BCUT2D eigenvalue weighted by atomic mass is 9.85. The molecule has 0 atom stereocenters. The first kappa shape index (κ1) is 19.8. The fourth-order valence-corrected chi connectivity index (χ4v) is 6.43. The molecule has 1 nitrogen and oxygen atoms in total. The minimum absolute atomic E-state index is 0.0787. The van der Waals surface area contributed by atoms with Crippen molar-refractivity contribution in [2.45, 2.75) is 33.1 Å². The van der Waals surface area contributed by atoms with Crippen molar-refractivity contribution < 1.29 is 0 Å². The van der Waals surface area contributed by atoms with Crippen LogP contribution in [-0.4, -0.2) is 4.98 Å². The second-order valence-electron chi connectivity index (χ2n) is 8.77. The van der Waals surface area contributed by atoms with Crippen LogP contribution in [0.25, 0.3) is 47.1 Å². The summed E-state index contributed by atoms with van der Waals surface area (Å²) in [6, 6.07) is 15.7. The highest BCUT2D eigenvalue weighted by atomic mass is 32.1. The number of rotatable bonds is 2. The van der Waals surface area contributed by atoms with Crippen molar-refractivity contribution in [1.29, 1.82) is 0 Å². The topological polar surface area (TPSA) is 12.9 Å². The van der Waals surface area contributed by atoms with Crippen molar-refractivity contribution >= 4 is 71.1 Å². The van der Waals surface area contributed by atoms with Crippen LogP contribution >= 0.6 is 35.3 Å². The molecule has 5 aromatic rings. The summed E-state index contributed by atoms with van der Waals surface area (Å²) in [7, 11) is 0. The van der Waals surface area contributed by atoms with Gasteiger partial charge in [-0.3, -0.25) is 4.98 Å². The van der Waals surface area contributed by atoms with Crippen LogP contribution in [0.1, 0.15) is 38.8 Å². The zero-order valence-corrected chi connectivity index (χ0v) is 20.0. The Hall–Kier alpha value is -2.14. The van der Waals surface area contributed by atoms with E-state index in [1.165, 1.54) is 52.5 Å². The number of allylic oxidation sites excluding steroid dienone is 1. The van der Waals surface area contributed by atoms with E-state index in [0.717, 1.165) is 5.69 Å². The molecule has 0 unspecified atom stereocenters. The summed E-state index contributed by atoms with van der Waals surface area (Å²) in [6.45, 7) is 8.97. The predicted molar refractivity (Wildman–Crippen MR) is 139 cm³/mol. The highest BCUT2D eigenvalue weighted by Gasteiger charge is 2.21. The Labute approximate surface area is 190 Å². The molecule has 0 amide bonds. The number of pyridine rings is 1. The molecule has 0 spiro atoms. The highest BCUT2D eigenvalue weighted by molar-refractivity contribution is 7.83. The van der Waals surface area contributed by atoms with Crippen LogP contribution in [0.4, 0.5) is 0 Å². The van der Waals surface area contributed by atoms with Gasteiger partial charge in [-0.05, 0) is 75.5 Å². The Kier molecular flexibility index (Phi) is 4.77. The Morgan fingerprint density at radius 2 is 1.87 bits per heavy atom. The van der Waals surface area contributed by atoms with Crippen LogP contribution in [0.15, 0.2) is 59.4 Å². The normalized spacial score (nSPS) is 13.0. The van der Waals surface area contributed by atoms with Gasteiger partial charge in [0.2, 0.25) is 0 Å². The number of thiophene rings is 2. The quantitative estimate of drug-likeness (QED) is 0.268. The third-order valence-corrected chi connectivity index (χ3v) is 8.13. The standard InChI is InChI=1S/C26H23NS3/c1-15(14-28)16-5-6-19-22(13-16)30-21-7-9-27-24(23(19)21)18-11-17-8-10-29-25(17)20(12-18)26(2,3)4/h5-14,28H,1-4H3/b15-14-. The van der Waals surface area contributed by atoms with Crippen LogP contribution in [0.3, 0.4) is 0 Å². The van der Waals surface area contributed by atoms with Gasteiger partial charge in [-0.25, -0.2) is 0 Å². The van der Waals surface area contributed by atoms with Crippen molar-refractivity contribution in [3.8, 4) is 11.3 Å². The molecule has 0 radical (unpaired) electrons. The molecule has 0 aliphatic heterocycles. The summed E-state index contributed by atoms with van der Waals surface area (Å²) in [6.07, 6.45) is 1.95. The molecule has 0 N–H and O–H groups in total. The fourth-order valence-electron chi connectivity index (χ4n) is 4.04. The maximum absolute atomic E-state index is 4.87. The number of fused-ring (bicyclic) bond motifs is 4. The Balaban J connectivity index is 1.81. The maximum Gasteiger partial charge on any atom is 0.0795 e. The van der Waals surface area contributed by atoms with Crippen LogP contribution in [0, 0.1) is 0 Å². The van der Waals surface area contributed by atoms with E-state index in [-0.39, 0.29) is 5.41 Å². The number of hydrogen-bond acceptors (Lipinski definition) is 4. The average molecular weight is 446 g/mol. The summed E-state index contributed by atoms with van der Waals surface area (Å²) in [4.78, 5) is 4.87. The molecule has 0 aliphatic carbocycles. The summed E-state index contributed by atoms with van der Waals surface area (Å²) < 4.78 is 3.95. The molecule has 0 saturated heterocycles. The van der Waals surface area contributed by atoms with Gasteiger partial charge in [0.05, 0.1) is 5.69 Å². The van der Waals surface area contributed by atoms with Crippen molar-refractivity contribution in [2.24, 2.45) is 0 Å². The van der Waals surface area contributed by atoms with Gasteiger partial charge in [0.25, 0.3) is 0 Å². The van der Waals surface area contributed by atoms with Gasteiger partial charge in [-0.1, -0.05) is 32.9 Å². The third-order valence-electron chi connectivity index (χ3n) is 5.67. The second-order valence-corrected chi connectivity index (χ2v) is 11.0. The van der Waals surface area contributed by atoms with Crippen molar-refractivity contribution in [1.82, 2.24) is 4.98 Å². The lowest BCUT2D eigenvalue weighted by Gasteiger charge is -2.21. The smallest absolute Gasteiger partial charge is 0.0795 e. The first-order valence-corrected chi connectivity index (χ1v) is 12.2. The Bertz CT molecular complexity index is 1440. The molecule has 0 fully saturated rings. The van der Waals surface area contributed by atoms with Crippen LogP contribution in [-0.2, 0) is 5.41 Å². The van der Waals surface area contributed by atoms with E-state index < -0.39 is 0 Å². The molecule has 0 saturated carbocycles. The average Bonchev–Trinajstić information content (AvgIpc) is 3.34. The number of aromatic nitrogens is 1. The molecule has 2 aromatic carbocycles. The van der Waals surface area contributed by atoms with Gasteiger partial charge in [-0.2, -0.15) is 12.6 Å². The molecular weight excluding hydrogens is 422 g/mol. The minimum atomic E-state index is 0.0787. The summed E-state index contributed by atoms with van der Waals surface area (Å²) in [5.41, 5.74) is 6.13. The molecule has 150 valence electrons. The van der Waals surface area contributed by atoms with Gasteiger partial charge >= 0.3 is 0 Å². The number of hydrogen-bond donors (Lipinski definition) is 1. The summed E-state index contributed by atoms with van der Waals surface area (Å²) >= 11 is 7.99. The summed E-state index contributed by atoms with van der Waals surface area (Å²) in [5, 5.41) is 7.89. The van der Waals surface area contributed by atoms with E-state index in [2.05, 4.69) is 88.2 Å². The molecule has 30 heavy (non-hydrogen) atoms. The largest absolute Gasteiger partial charge is 0.256 e. The molecule has 3 aromatic heterocycles. The fraction of sp³-hybridized carbons (Fsp3) is 0.192. The lowest BCUT2D eigenvalue weighted by Crippen LogP contribution is -2.11. The first-order valence-electron chi connectivity index (χ1n) is 10.0. The predicted octanol–water partition coefficient (Wildman–Crippen LogP) is 8.92. The first-order chi connectivity index (χ1) is 14.4. The second kappa shape index (κ2) is 7.23. The highest BCUT2D eigenvalue weighted by Crippen LogP contribution is 2.42. The van der Waals surface area contributed by atoms with Crippen molar-refractivity contribution in [3.05, 3.63) is 70.6 Å². The lowest BCUT2D eigenvalue weighted by molar-refractivity contribution is 0.597. The van der Waals surface area contributed by atoms with E-state index in [4.69, 9.17) is 4.98 Å². The number of benzene rings is 2. The number of nitrogens with zero attached hydrogens (tertiary/aromatic N) is 1. The zero-order valence-electron chi connectivity index (χ0n) is 17.5. The van der Waals surface area contributed by atoms with E-state index in [1.54, 1.807) is 0 Å². The maximum atomic E-state index is 4.87. The van der Waals surface area contributed by atoms with Gasteiger partial charge in [0, 0.05) is 36.6 Å². The van der Waals surface area contributed by atoms with Crippen molar-refractivity contribution in [2.75, 3.05) is 0 Å². The van der Waals surface area contributed by atoms with Gasteiger partial charge < -0.3 is 0 Å². The number of thiol groups is 1. The SMILES string of the molecule is C/C(=C/S)c1ccc2c(c1)sc1ccnc(-c3cc(C(C)(C)C)c4sccc4c3)c12. The van der Waals surface area contributed by atoms with Crippen LogP contribution in [0.2, 0.25) is 0 Å². The minimum Gasteiger partial charge on any atom is -0.256 e. The van der Waals surface area contributed by atoms with Crippen LogP contribution < -0.4 is 0 Å². The Morgan fingerprint density at radius 1 is 1.03 bits per heavy atom. The molecule has 0 bridgehead atoms. The van der Waals surface area contributed by atoms with Gasteiger partial charge in [0.1, 0.15) is 0 Å². The van der Waals surface area contributed by atoms with E-state index >= 15 is 0 Å². The van der Waals surface area contributed by atoms with Crippen molar-refractivity contribution in [3.63, 3.8) is 0 Å². The molecule has 4 heteroatoms. The van der Waals surface area contributed by atoms with E-state index in [0.29, 0.717) is 0 Å². The molecular formula is C26H23NS3. The third kappa shape index (κ3) is 3.18. The molecule has 5 rings (SSSR count). The summed E-state index contributed by atoms with van der Waals surface area (Å²) in [5.74, 6) is 0. The monoisotopic (exact) mass is 445 g/mol. The van der Waals surface area contributed by atoms with Gasteiger partial charge in [0.15, 0.2) is 0 Å². The Morgan fingerprint density at radius 3 is 2.63 bits per heavy atom. The van der Waals surface area contributed by atoms with Gasteiger partial charge in [-0.15, -0.1) is 22.7 Å². The zero-order chi connectivity index (χ0) is 21.0.